The van der Waals surface area contributed by atoms with Gasteiger partial charge in [-0.2, -0.15) is 5.10 Å². The van der Waals surface area contributed by atoms with Crippen molar-refractivity contribution < 1.29 is 4.79 Å². The topological polar surface area (TPSA) is 59.8 Å². The quantitative estimate of drug-likeness (QED) is 0.757. The van der Waals surface area contributed by atoms with Crippen LogP contribution in [0.2, 0.25) is 0 Å². The maximum Gasteiger partial charge on any atom is 0.144 e. The van der Waals surface area contributed by atoms with Crippen molar-refractivity contribution in [2.24, 2.45) is 11.8 Å². The summed E-state index contributed by atoms with van der Waals surface area (Å²) in [5.41, 5.74) is 0. The van der Waals surface area contributed by atoms with Crippen molar-refractivity contribution in [3.05, 3.63) is 12.2 Å². The van der Waals surface area contributed by atoms with Crippen molar-refractivity contribution in [1.82, 2.24) is 20.1 Å². The number of Topliss-reactive ketones (excluding diaryl/α,β-unsaturated/α-hetero) is 1. The zero-order valence-electron chi connectivity index (χ0n) is 11.8. The number of hydrogen-bond acceptors (Lipinski definition) is 4. The molecule has 1 atom stereocenters. The molecule has 5 heteroatoms. The van der Waals surface area contributed by atoms with Crippen LogP contribution in [-0.4, -0.2) is 33.6 Å². The fraction of sp³-hybridized carbons (Fsp3) is 0.769. The first kappa shape index (κ1) is 14.8. The lowest BCUT2D eigenvalue weighted by Gasteiger charge is -2.12. The summed E-state index contributed by atoms with van der Waals surface area (Å²) < 4.78 is 1.84. The lowest BCUT2D eigenvalue weighted by atomic mass is 10.0. The van der Waals surface area contributed by atoms with Crippen LogP contribution in [0.1, 0.15) is 33.5 Å². The summed E-state index contributed by atoms with van der Waals surface area (Å²) in [4.78, 5) is 16.2. The Bertz CT molecular complexity index is 373. The number of nitrogens with one attached hydrogen (secondary N) is 1. The summed E-state index contributed by atoms with van der Waals surface area (Å²) >= 11 is 0. The molecule has 0 aromatic carbocycles. The van der Waals surface area contributed by atoms with Gasteiger partial charge in [-0.1, -0.05) is 27.7 Å². The fourth-order valence-electron chi connectivity index (χ4n) is 1.73. The van der Waals surface area contributed by atoms with Crippen LogP contribution < -0.4 is 5.32 Å². The Labute approximate surface area is 109 Å². The smallest absolute Gasteiger partial charge is 0.144 e. The van der Waals surface area contributed by atoms with E-state index in [4.69, 9.17) is 0 Å². The molecule has 0 aliphatic heterocycles. The third-order valence-corrected chi connectivity index (χ3v) is 2.82. The molecule has 1 aromatic heterocycles. The normalized spacial score (nSPS) is 12.9. The molecule has 1 unspecified atom stereocenters. The van der Waals surface area contributed by atoms with Crippen LogP contribution in [0.4, 0.5) is 0 Å². The highest BCUT2D eigenvalue weighted by atomic mass is 16.1. The van der Waals surface area contributed by atoms with Crippen LogP contribution >= 0.6 is 0 Å². The van der Waals surface area contributed by atoms with Gasteiger partial charge >= 0.3 is 0 Å². The van der Waals surface area contributed by atoms with Gasteiger partial charge in [-0.25, -0.2) is 9.67 Å². The molecule has 0 spiro atoms. The van der Waals surface area contributed by atoms with E-state index < -0.39 is 0 Å². The Morgan fingerprint density at radius 1 is 1.44 bits per heavy atom. The summed E-state index contributed by atoms with van der Waals surface area (Å²) in [5, 5.41) is 7.36. The third-order valence-electron chi connectivity index (χ3n) is 2.82. The van der Waals surface area contributed by atoms with E-state index in [-0.39, 0.29) is 11.7 Å². The van der Waals surface area contributed by atoms with Crippen molar-refractivity contribution >= 4 is 5.78 Å². The fourth-order valence-corrected chi connectivity index (χ4v) is 1.73. The van der Waals surface area contributed by atoms with Crippen LogP contribution in [0.15, 0.2) is 6.33 Å². The Balaban J connectivity index is 2.56. The second-order valence-corrected chi connectivity index (χ2v) is 5.10. The largest absolute Gasteiger partial charge is 0.316 e. The van der Waals surface area contributed by atoms with E-state index >= 15 is 0 Å². The Kier molecular flexibility index (Phi) is 5.98. The molecule has 1 N–H and O–H groups in total. The minimum Gasteiger partial charge on any atom is -0.316 e. The maximum atomic E-state index is 12.0. The standard InChI is InChI=1S/C13H24N4O/c1-5-14-7-11(4)12(18)6-13-15-9-16-17(13)8-10(2)3/h9-11,14H,5-8H2,1-4H3. The molecular weight excluding hydrogens is 228 g/mol. The van der Waals surface area contributed by atoms with Gasteiger partial charge in [-0.3, -0.25) is 4.79 Å². The van der Waals surface area contributed by atoms with Gasteiger partial charge in [-0.05, 0) is 12.5 Å². The molecule has 0 radical (unpaired) electrons. The van der Waals surface area contributed by atoms with Crippen LogP contribution in [-0.2, 0) is 17.8 Å². The van der Waals surface area contributed by atoms with Gasteiger partial charge in [0.05, 0.1) is 6.42 Å². The summed E-state index contributed by atoms with van der Waals surface area (Å²) in [6.45, 7) is 10.7. The minimum atomic E-state index is 0.0224. The molecule has 0 bridgehead atoms. The Morgan fingerprint density at radius 3 is 2.78 bits per heavy atom. The number of ketones is 1. The number of rotatable bonds is 8. The highest BCUT2D eigenvalue weighted by molar-refractivity contribution is 5.82. The Morgan fingerprint density at radius 2 is 2.17 bits per heavy atom. The summed E-state index contributed by atoms with van der Waals surface area (Å²) in [6, 6.07) is 0. The number of aromatic nitrogens is 3. The maximum absolute atomic E-state index is 12.0. The molecule has 0 aliphatic rings. The zero-order chi connectivity index (χ0) is 13.5. The van der Waals surface area contributed by atoms with Crippen molar-refractivity contribution in [3.63, 3.8) is 0 Å². The van der Waals surface area contributed by atoms with E-state index in [1.165, 1.54) is 6.33 Å². The summed E-state index contributed by atoms with van der Waals surface area (Å²) in [5.74, 6) is 1.51. The second-order valence-electron chi connectivity index (χ2n) is 5.10. The molecule has 102 valence electrons. The van der Waals surface area contributed by atoms with E-state index in [9.17, 15) is 4.79 Å². The number of carbonyl (C=O) groups excluding carboxylic acids is 1. The first-order chi connectivity index (χ1) is 8.54. The molecule has 18 heavy (non-hydrogen) atoms. The molecule has 0 saturated heterocycles. The van der Waals surface area contributed by atoms with Gasteiger partial charge in [0.25, 0.3) is 0 Å². The second kappa shape index (κ2) is 7.26. The molecule has 0 saturated carbocycles. The molecule has 5 nitrogen and oxygen atoms in total. The van der Waals surface area contributed by atoms with Crippen LogP contribution in [0, 0.1) is 11.8 Å². The monoisotopic (exact) mass is 252 g/mol. The summed E-state index contributed by atoms with van der Waals surface area (Å²) in [7, 11) is 0. The lowest BCUT2D eigenvalue weighted by Crippen LogP contribution is -2.28. The van der Waals surface area contributed by atoms with Crippen molar-refractivity contribution in [2.45, 2.75) is 40.7 Å². The number of nitrogens with zero attached hydrogens (tertiary/aromatic N) is 3. The van der Waals surface area contributed by atoms with Crippen LogP contribution in [0.3, 0.4) is 0 Å². The molecule has 0 aliphatic carbocycles. The van der Waals surface area contributed by atoms with Gasteiger partial charge in [-0.15, -0.1) is 0 Å². The van der Waals surface area contributed by atoms with Crippen molar-refractivity contribution in [2.75, 3.05) is 13.1 Å². The molecule has 1 aromatic rings. The SMILES string of the molecule is CCNCC(C)C(=O)Cc1ncnn1CC(C)C. The lowest BCUT2D eigenvalue weighted by molar-refractivity contribution is -0.121. The molecule has 1 heterocycles. The number of carbonyl (C=O) groups is 1. The average molecular weight is 252 g/mol. The minimum absolute atomic E-state index is 0.0224. The van der Waals surface area contributed by atoms with Gasteiger partial charge < -0.3 is 5.32 Å². The predicted molar refractivity (Wildman–Crippen MR) is 71.3 cm³/mol. The third kappa shape index (κ3) is 4.56. The van der Waals surface area contributed by atoms with E-state index in [0.29, 0.717) is 12.3 Å². The van der Waals surface area contributed by atoms with Gasteiger partial charge in [0.1, 0.15) is 17.9 Å². The molecule has 0 fully saturated rings. The van der Waals surface area contributed by atoms with E-state index in [1.54, 1.807) is 0 Å². The number of hydrogen-bond donors (Lipinski definition) is 1. The zero-order valence-corrected chi connectivity index (χ0v) is 11.8. The van der Waals surface area contributed by atoms with Crippen LogP contribution in [0.25, 0.3) is 0 Å². The molecule has 1 rings (SSSR count). The average Bonchev–Trinajstić information content (AvgIpc) is 2.72. The van der Waals surface area contributed by atoms with E-state index in [1.807, 2.05) is 18.5 Å². The highest BCUT2D eigenvalue weighted by Crippen LogP contribution is 2.06. The summed E-state index contributed by atoms with van der Waals surface area (Å²) in [6.07, 6.45) is 1.90. The Hall–Kier alpha value is -1.23. The van der Waals surface area contributed by atoms with Crippen molar-refractivity contribution in [1.29, 1.82) is 0 Å². The van der Waals surface area contributed by atoms with Gasteiger partial charge in [0.2, 0.25) is 0 Å². The van der Waals surface area contributed by atoms with Crippen molar-refractivity contribution in [3.8, 4) is 0 Å². The van der Waals surface area contributed by atoms with Gasteiger partial charge in [0, 0.05) is 19.0 Å². The van der Waals surface area contributed by atoms with Gasteiger partial charge in [0.15, 0.2) is 0 Å². The van der Waals surface area contributed by atoms with E-state index in [2.05, 4.69) is 29.2 Å². The predicted octanol–water partition coefficient (Wildman–Crippen LogP) is 1.29. The molecule has 0 amide bonds. The first-order valence-electron chi connectivity index (χ1n) is 6.64. The highest BCUT2D eigenvalue weighted by Gasteiger charge is 2.16. The molecular formula is C13H24N4O. The van der Waals surface area contributed by atoms with Crippen LogP contribution in [0.5, 0.6) is 0 Å². The van der Waals surface area contributed by atoms with E-state index in [0.717, 1.165) is 25.5 Å². The first-order valence-corrected chi connectivity index (χ1v) is 6.64.